The molecule has 1 aromatic heterocycles. The maximum Gasteiger partial charge on any atom is 0.127 e. The fraction of sp³-hybridized carbons (Fsp3) is 0.400. The Kier molecular flexibility index (Phi) is 1.26. The quantitative estimate of drug-likeness (QED) is 0.569. The Morgan fingerprint density at radius 2 is 2.12 bits per heavy atom. The first-order valence-corrected chi connectivity index (χ1v) is 2.76. The van der Waals surface area contributed by atoms with Crippen molar-refractivity contribution in [1.29, 1.82) is 0 Å². The van der Waals surface area contributed by atoms with Gasteiger partial charge in [0, 0.05) is 5.56 Å². The molecule has 1 aromatic rings. The molecule has 0 saturated heterocycles. The molecule has 0 spiro atoms. The fourth-order valence-corrected chi connectivity index (χ4v) is 0.638. The first-order valence-electron chi connectivity index (χ1n) is 2.39. The molecule has 2 nitrogen and oxygen atoms in total. The van der Waals surface area contributed by atoms with Crippen LogP contribution in [-0.2, 0) is 0 Å². The van der Waals surface area contributed by atoms with Crippen molar-refractivity contribution in [1.82, 2.24) is 10.2 Å². The van der Waals surface area contributed by atoms with E-state index in [9.17, 15) is 0 Å². The second kappa shape index (κ2) is 1.78. The van der Waals surface area contributed by atoms with Gasteiger partial charge in [0.2, 0.25) is 0 Å². The van der Waals surface area contributed by atoms with Gasteiger partial charge in [-0.15, -0.1) is 0 Å². The molecule has 1 N–H and O–H groups in total. The SMILES string of the molecule is Cc1n[nH]c(Cl)c1C. The van der Waals surface area contributed by atoms with Gasteiger partial charge in [-0.3, -0.25) is 5.10 Å². The summed E-state index contributed by atoms with van der Waals surface area (Å²) in [5.74, 6) is 0. The summed E-state index contributed by atoms with van der Waals surface area (Å²) in [6.07, 6.45) is 0. The molecule has 0 fully saturated rings. The lowest BCUT2D eigenvalue weighted by Crippen LogP contribution is -1.71. The van der Waals surface area contributed by atoms with E-state index >= 15 is 0 Å². The molecule has 44 valence electrons. The van der Waals surface area contributed by atoms with E-state index in [4.69, 9.17) is 11.6 Å². The lowest BCUT2D eigenvalue weighted by Gasteiger charge is -1.81. The summed E-state index contributed by atoms with van der Waals surface area (Å²) < 4.78 is 0. The summed E-state index contributed by atoms with van der Waals surface area (Å²) in [4.78, 5) is 0. The number of aryl methyl sites for hydroxylation is 1. The normalized spacial score (nSPS) is 9.88. The fourth-order valence-electron chi connectivity index (χ4n) is 0.459. The average Bonchev–Trinajstić information content (AvgIpc) is 1.98. The number of H-pyrrole nitrogens is 1. The number of hydrogen-bond donors (Lipinski definition) is 1. The van der Waals surface area contributed by atoms with Crippen molar-refractivity contribution in [2.45, 2.75) is 13.8 Å². The van der Waals surface area contributed by atoms with Gasteiger partial charge >= 0.3 is 0 Å². The Balaban J connectivity index is 3.19. The van der Waals surface area contributed by atoms with Gasteiger partial charge in [0.05, 0.1) is 5.69 Å². The third kappa shape index (κ3) is 0.713. The highest BCUT2D eigenvalue weighted by atomic mass is 35.5. The smallest absolute Gasteiger partial charge is 0.127 e. The number of halogens is 1. The number of nitrogens with zero attached hydrogens (tertiary/aromatic N) is 1. The predicted octanol–water partition coefficient (Wildman–Crippen LogP) is 1.68. The van der Waals surface area contributed by atoms with Gasteiger partial charge in [0.15, 0.2) is 0 Å². The van der Waals surface area contributed by atoms with Crippen molar-refractivity contribution >= 4 is 11.6 Å². The molecular weight excluding hydrogens is 124 g/mol. The molecule has 8 heavy (non-hydrogen) atoms. The summed E-state index contributed by atoms with van der Waals surface area (Å²) >= 11 is 5.61. The molecule has 3 heteroatoms. The second-order valence-corrected chi connectivity index (χ2v) is 2.13. The summed E-state index contributed by atoms with van der Waals surface area (Å²) in [6, 6.07) is 0. The van der Waals surface area contributed by atoms with E-state index in [0.717, 1.165) is 11.3 Å². The second-order valence-electron chi connectivity index (χ2n) is 1.75. The molecule has 0 aliphatic heterocycles. The van der Waals surface area contributed by atoms with Gasteiger partial charge in [-0.05, 0) is 13.8 Å². The van der Waals surface area contributed by atoms with Gasteiger partial charge in [-0.25, -0.2) is 0 Å². The Bertz CT molecular complexity index is 173. The summed E-state index contributed by atoms with van der Waals surface area (Å²) in [5, 5.41) is 7.15. The van der Waals surface area contributed by atoms with Gasteiger partial charge < -0.3 is 0 Å². The van der Waals surface area contributed by atoms with E-state index in [2.05, 4.69) is 10.2 Å². The number of aromatic nitrogens is 2. The van der Waals surface area contributed by atoms with Gasteiger partial charge in [0.1, 0.15) is 5.15 Å². The Morgan fingerprint density at radius 3 is 2.25 bits per heavy atom. The monoisotopic (exact) mass is 130 g/mol. The molecule has 0 saturated carbocycles. The minimum atomic E-state index is 0.641. The van der Waals surface area contributed by atoms with Crippen LogP contribution in [0.3, 0.4) is 0 Å². The largest absolute Gasteiger partial charge is 0.267 e. The Hall–Kier alpha value is -0.500. The molecule has 0 aliphatic rings. The molecule has 0 aliphatic carbocycles. The van der Waals surface area contributed by atoms with Crippen LogP contribution in [0.4, 0.5) is 0 Å². The number of aromatic amines is 1. The lowest BCUT2D eigenvalue weighted by atomic mass is 10.3. The number of hydrogen-bond acceptors (Lipinski definition) is 1. The lowest BCUT2D eigenvalue weighted by molar-refractivity contribution is 1.05. The van der Waals surface area contributed by atoms with Gasteiger partial charge in [-0.2, -0.15) is 5.10 Å². The Morgan fingerprint density at radius 1 is 1.50 bits per heavy atom. The van der Waals surface area contributed by atoms with Crippen molar-refractivity contribution in [3.05, 3.63) is 16.4 Å². The standard InChI is InChI=1S/C5H7ClN2/c1-3-4(2)7-8-5(3)6/h1-2H3,(H,7,8). The van der Waals surface area contributed by atoms with E-state index in [0.29, 0.717) is 5.15 Å². The van der Waals surface area contributed by atoms with Crippen LogP contribution in [0.5, 0.6) is 0 Å². The maximum absolute atomic E-state index is 5.61. The van der Waals surface area contributed by atoms with Crippen LogP contribution in [0.15, 0.2) is 0 Å². The van der Waals surface area contributed by atoms with Crippen LogP contribution in [0.2, 0.25) is 5.15 Å². The maximum atomic E-state index is 5.61. The third-order valence-electron chi connectivity index (χ3n) is 1.19. The zero-order valence-corrected chi connectivity index (χ0v) is 5.58. The van der Waals surface area contributed by atoms with E-state index < -0.39 is 0 Å². The molecular formula is C5H7ClN2. The minimum Gasteiger partial charge on any atom is -0.267 e. The molecule has 0 bridgehead atoms. The van der Waals surface area contributed by atoms with Crippen molar-refractivity contribution in [3.63, 3.8) is 0 Å². The van der Waals surface area contributed by atoms with Gasteiger partial charge in [0.25, 0.3) is 0 Å². The van der Waals surface area contributed by atoms with E-state index in [1.165, 1.54) is 0 Å². The van der Waals surface area contributed by atoms with E-state index in [-0.39, 0.29) is 0 Å². The van der Waals surface area contributed by atoms with Crippen molar-refractivity contribution in [2.75, 3.05) is 0 Å². The minimum absolute atomic E-state index is 0.641. The topological polar surface area (TPSA) is 28.7 Å². The Labute approximate surface area is 52.9 Å². The molecule has 0 atom stereocenters. The highest BCUT2D eigenvalue weighted by molar-refractivity contribution is 6.30. The van der Waals surface area contributed by atoms with Crippen LogP contribution in [0, 0.1) is 13.8 Å². The molecule has 0 radical (unpaired) electrons. The van der Waals surface area contributed by atoms with Crippen LogP contribution in [-0.4, -0.2) is 10.2 Å². The van der Waals surface area contributed by atoms with Gasteiger partial charge in [-0.1, -0.05) is 11.6 Å². The molecule has 0 unspecified atom stereocenters. The zero-order valence-electron chi connectivity index (χ0n) is 4.83. The van der Waals surface area contributed by atoms with Crippen LogP contribution < -0.4 is 0 Å². The van der Waals surface area contributed by atoms with Crippen LogP contribution in [0.25, 0.3) is 0 Å². The first kappa shape index (κ1) is 5.63. The summed E-state index contributed by atoms with van der Waals surface area (Å²) in [7, 11) is 0. The molecule has 0 amide bonds. The van der Waals surface area contributed by atoms with E-state index in [1.807, 2.05) is 13.8 Å². The first-order chi connectivity index (χ1) is 3.72. The highest BCUT2D eigenvalue weighted by Gasteiger charge is 1.98. The van der Waals surface area contributed by atoms with Crippen molar-refractivity contribution in [3.8, 4) is 0 Å². The number of nitrogens with one attached hydrogen (secondary N) is 1. The van der Waals surface area contributed by atoms with Crippen molar-refractivity contribution in [2.24, 2.45) is 0 Å². The van der Waals surface area contributed by atoms with Crippen molar-refractivity contribution < 1.29 is 0 Å². The highest BCUT2D eigenvalue weighted by Crippen LogP contribution is 2.12. The summed E-state index contributed by atoms with van der Waals surface area (Å²) in [5.41, 5.74) is 2.00. The third-order valence-corrected chi connectivity index (χ3v) is 1.56. The van der Waals surface area contributed by atoms with Crippen LogP contribution >= 0.6 is 11.6 Å². The van der Waals surface area contributed by atoms with E-state index in [1.54, 1.807) is 0 Å². The number of rotatable bonds is 0. The predicted molar refractivity (Wildman–Crippen MR) is 33.1 cm³/mol. The molecule has 0 aromatic carbocycles. The molecule has 1 heterocycles. The molecule has 1 rings (SSSR count). The summed E-state index contributed by atoms with van der Waals surface area (Å²) in [6.45, 7) is 3.85. The van der Waals surface area contributed by atoms with Crippen LogP contribution in [0.1, 0.15) is 11.3 Å². The zero-order chi connectivity index (χ0) is 6.15. The average molecular weight is 131 g/mol.